The van der Waals surface area contributed by atoms with E-state index in [-0.39, 0.29) is 5.82 Å². The molecule has 0 amide bonds. The number of hydrogen-bond acceptors (Lipinski definition) is 5. The zero-order valence-electron chi connectivity index (χ0n) is 17.3. The average molecular weight is 424 g/mol. The summed E-state index contributed by atoms with van der Waals surface area (Å²) in [6.45, 7) is 1.96. The minimum Gasteiger partial charge on any atom is -0.337 e. The Hall–Kier alpha value is -4.40. The van der Waals surface area contributed by atoms with Crippen LogP contribution in [0.4, 0.5) is 4.39 Å². The van der Waals surface area contributed by atoms with Crippen LogP contribution < -0.4 is 0 Å². The van der Waals surface area contributed by atoms with E-state index >= 15 is 0 Å². The third kappa shape index (κ3) is 2.78. The Morgan fingerprint density at radius 3 is 2.59 bits per heavy atom. The molecule has 0 aliphatic carbocycles. The number of benzene rings is 1. The summed E-state index contributed by atoms with van der Waals surface area (Å²) in [6, 6.07) is 10.1. The maximum Gasteiger partial charge on any atom is 0.181 e. The summed E-state index contributed by atoms with van der Waals surface area (Å²) in [7, 11) is 1.97. The predicted octanol–water partition coefficient (Wildman–Crippen LogP) is 4.41. The number of H-pyrrole nitrogens is 2. The lowest BCUT2D eigenvalue weighted by atomic mass is 10.1. The molecule has 0 saturated carbocycles. The Morgan fingerprint density at radius 2 is 1.81 bits per heavy atom. The average Bonchev–Trinajstić information content (AvgIpc) is 3.50. The summed E-state index contributed by atoms with van der Waals surface area (Å²) >= 11 is 0. The molecule has 32 heavy (non-hydrogen) atoms. The zero-order valence-corrected chi connectivity index (χ0v) is 17.3. The minimum atomic E-state index is -0.292. The van der Waals surface area contributed by atoms with Crippen molar-refractivity contribution in [3.8, 4) is 34.0 Å². The van der Waals surface area contributed by atoms with Gasteiger partial charge in [0.1, 0.15) is 22.9 Å². The van der Waals surface area contributed by atoms with E-state index in [1.54, 1.807) is 24.5 Å². The van der Waals surface area contributed by atoms with Crippen molar-refractivity contribution in [3.05, 3.63) is 66.6 Å². The first-order valence-corrected chi connectivity index (χ1v) is 10.0. The summed E-state index contributed by atoms with van der Waals surface area (Å²) in [5.41, 5.74) is 6.23. The molecule has 8 nitrogen and oxygen atoms in total. The standard InChI is InChI=1S/C23H17FN8/c1-12-26-11-18(32(12)2)14-9-16-20(30-31-22(16)27-10-14)23-28-17-7-8-25-19(21(17)29-23)13-3-5-15(24)6-4-13/h3-11H,1-2H3,(H,28,29)(H,27,30,31). The molecule has 0 unspecified atom stereocenters. The van der Waals surface area contributed by atoms with E-state index in [1.807, 2.05) is 36.9 Å². The molecule has 6 aromatic rings. The number of aromatic nitrogens is 8. The minimum absolute atomic E-state index is 0.292. The molecule has 0 aliphatic heterocycles. The fraction of sp³-hybridized carbons (Fsp3) is 0.0870. The molecular formula is C23H17FN8. The highest BCUT2D eigenvalue weighted by molar-refractivity contribution is 5.96. The Bertz CT molecular complexity index is 1610. The van der Waals surface area contributed by atoms with Crippen LogP contribution in [0, 0.1) is 12.7 Å². The van der Waals surface area contributed by atoms with Crippen LogP contribution in [0.3, 0.4) is 0 Å². The largest absolute Gasteiger partial charge is 0.337 e. The van der Waals surface area contributed by atoms with Crippen molar-refractivity contribution >= 4 is 22.1 Å². The number of hydrogen-bond donors (Lipinski definition) is 2. The summed E-state index contributed by atoms with van der Waals surface area (Å²) in [5, 5.41) is 8.24. The maximum atomic E-state index is 13.4. The molecular weight excluding hydrogens is 407 g/mol. The Morgan fingerprint density at radius 1 is 0.969 bits per heavy atom. The molecule has 2 N–H and O–H groups in total. The molecule has 9 heteroatoms. The lowest BCUT2D eigenvalue weighted by Crippen LogP contribution is -1.94. The second kappa shape index (κ2) is 6.81. The molecule has 0 spiro atoms. The first-order valence-electron chi connectivity index (χ1n) is 10.0. The molecule has 0 fully saturated rings. The summed E-state index contributed by atoms with van der Waals surface area (Å²) in [4.78, 5) is 21.5. The molecule has 0 radical (unpaired) electrons. The van der Waals surface area contributed by atoms with Gasteiger partial charge in [0.25, 0.3) is 0 Å². The van der Waals surface area contributed by atoms with Gasteiger partial charge in [-0.25, -0.2) is 19.3 Å². The second-order valence-electron chi connectivity index (χ2n) is 7.59. The van der Waals surface area contributed by atoms with Crippen LogP contribution in [0.2, 0.25) is 0 Å². The fourth-order valence-electron chi connectivity index (χ4n) is 3.86. The van der Waals surface area contributed by atoms with Crippen molar-refractivity contribution in [2.45, 2.75) is 6.92 Å². The molecule has 5 aromatic heterocycles. The number of halogens is 1. The molecule has 6 rings (SSSR count). The van der Waals surface area contributed by atoms with E-state index in [4.69, 9.17) is 4.98 Å². The molecule has 0 atom stereocenters. The van der Waals surface area contributed by atoms with Crippen LogP contribution in [-0.2, 0) is 7.05 Å². The van der Waals surface area contributed by atoms with Crippen LogP contribution in [0.15, 0.2) is 55.0 Å². The van der Waals surface area contributed by atoms with Gasteiger partial charge < -0.3 is 9.55 Å². The number of aryl methyl sites for hydroxylation is 1. The lowest BCUT2D eigenvalue weighted by molar-refractivity contribution is 0.628. The van der Waals surface area contributed by atoms with E-state index in [0.717, 1.165) is 39.2 Å². The van der Waals surface area contributed by atoms with Gasteiger partial charge in [-0.2, -0.15) is 5.10 Å². The van der Waals surface area contributed by atoms with Gasteiger partial charge in [-0.05, 0) is 43.3 Å². The van der Waals surface area contributed by atoms with Crippen LogP contribution in [0.1, 0.15) is 5.82 Å². The monoisotopic (exact) mass is 424 g/mol. The zero-order chi connectivity index (χ0) is 21.8. The topological polar surface area (TPSA) is 101 Å². The number of aromatic amines is 2. The van der Waals surface area contributed by atoms with Gasteiger partial charge in [0.15, 0.2) is 11.5 Å². The van der Waals surface area contributed by atoms with Gasteiger partial charge in [-0.3, -0.25) is 10.1 Å². The van der Waals surface area contributed by atoms with E-state index in [9.17, 15) is 4.39 Å². The van der Waals surface area contributed by atoms with Crippen molar-refractivity contribution in [2.75, 3.05) is 0 Å². The van der Waals surface area contributed by atoms with Crippen molar-refractivity contribution in [2.24, 2.45) is 7.05 Å². The summed E-state index contributed by atoms with van der Waals surface area (Å²) in [6.07, 6.45) is 5.33. The highest BCUT2D eigenvalue weighted by Crippen LogP contribution is 2.31. The normalized spacial score (nSPS) is 11.6. The molecule has 0 saturated heterocycles. The third-order valence-corrected chi connectivity index (χ3v) is 5.68. The Labute approximate surface area is 181 Å². The predicted molar refractivity (Wildman–Crippen MR) is 119 cm³/mol. The Kier molecular flexibility index (Phi) is 3.91. The third-order valence-electron chi connectivity index (χ3n) is 5.68. The van der Waals surface area contributed by atoms with Crippen LogP contribution in [-0.4, -0.2) is 39.7 Å². The van der Waals surface area contributed by atoms with E-state index in [2.05, 4.69) is 30.1 Å². The van der Waals surface area contributed by atoms with Gasteiger partial charge in [0.2, 0.25) is 0 Å². The van der Waals surface area contributed by atoms with Crippen molar-refractivity contribution in [3.63, 3.8) is 0 Å². The number of imidazole rings is 2. The van der Waals surface area contributed by atoms with E-state index < -0.39 is 0 Å². The van der Waals surface area contributed by atoms with Crippen LogP contribution >= 0.6 is 0 Å². The Balaban J connectivity index is 1.51. The number of nitrogens with zero attached hydrogens (tertiary/aromatic N) is 6. The molecule has 0 bridgehead atoms. The van der Waals surface area contributed by atoms with Crippen molar-refractivity contribution < 1.29 is 4.39 Å². The van der Waals surface area contributed by atoms with E-state index in [0.29, 0.717) is 22.7 Å². The number of fused-ring (bicyclic) bond motifs is 2. The molecule has 5 heterocycles. The van der Waals surface area contributed by atoms with Crippen LogP contribution in [0.25, 0.3) is 56.1 Å². The highest BCUT2D eigenvalue weighted by Gasteiger charge is 2.17. The van der Waals surface area contributed by atoms with Crippen LogP contribution in [0.5, 0.6) is 0 Å². The molecule has 0 aliphatic rings. The molecule has 156 valence electrons. The number of pyridine rings is 2. The quantitative estimate of drug-likeness (QED) is 0.438. The summed E-state index contributed by atoms with van der Waals surface area (Å²) in [5.74, 6) is 1.25. The van der Waals surface area contributed by atoms with Crippen molar-refractivity contribution in [1.82, 2.24) is 39.7 Å². The van der Waals surface area contributed by atoms with Gasteiger partial charge in [-0.15, -0.1) is 0 Å². The number of nitrogens with one attached hydrogen (secondary N) is 2. The number of rotatable bonds is 3. The summed E-state index contributed by atoms with van der Waals surface area (Å²) < 4.78 is 15.4. The second-order valence-corrected chi connectivity index (χ2v) is 7.59. The SMILES string of the molecule is Cc1ncc(-c2cnc3n[nH]c(-c4nc5c(-c6ccc(F)cc6)nccc5[nH]4)c3c2)n1C. The lowest BCUT2D eigenvalue weighted by Gasteiger charge is -2.03. The van der Waals surface area contributed by atoms with E-state index in [1.165, 1.54) is 12.1 Å². The smallest absolute Gasteiger partial charge is 0.181 e. The first-order chi connectivity index (χ1) is 15.6. The van der Waals surface area contributed by atoms with Gasteiger partial charge in [0, 0.05) is 30.6 Å². The van der Waals surface area contributed by atoms with Gasteiger partial charge in [0.05, 0.1) is 28.5 Å². The molecule has 1 aromatic carbocycles. The first kappa shape index (κ1) is 18.4. The van der Waals surface area contributed by atoms with Gasteiger partial charge >= 0.3 is 0 Å². The fourth-order valence-corrected chi connectivity index (χ4v) is 3.86. The highest BCUT2D eigenvalue weighted by atomic mass is 19.1. The van der Waals surface area contributed by atoms with Gasteiger partial charge in [-0.1, -0.05) is 0 Å². The maximum absolute atomic E-state index is 13.4. The van der Waals surface area contributed by atoms with Crippen molar-refractivity contribution in [1.29, 1.82) is 0 Å².